The van der Waals surface area contributed by atoms with Crippen LogP contribution in [0.5, 0.6) is 11.5 Å². The molecular weight excluding hydrogens is 351 g/mol. The minimum absolute atomic E-state index is 0.102. The van der Waals surface area contributed by atoms with Crippen LogP contribution in [0.4, 0.5) is 0 Å². The second kappa shape index (κ2) is 8.91. The summed E-state index contributed by atoms with van der Waals surface area (Å²) in [6.07, 6.45) is -0.102. The molecule has 0 spiro atoms. The first-order chi connectivity index (χ1) is 12.4. The van der Waals surface area contributed by atoms with Crippen LogP contribution in [0.25, 0.3) is 0 Å². The summed E-state index contributed by atoms with van der Waals surface area (Å²) in [6.45, 7) is 3.68. The summed E-state index contributed by atoms with van der Waals surface area (Å²) in [6, 6.07) is 14.8. The first-order valence-electron chi connectivity index (χ1n) is 8.35. The van der Waals surface area contributed by atoms with Gasteiger partial charge in [-0.15, -0.1) is 0 Å². The van der Waals surface area contributed by atoms with E-state index in [2.05, 4.69) is 0 Å². The Morgan fingerprint density at radius 1 is 1.04 bits per heavy atom. The first-order valence-corrected chi connectivity index (χ1v) is 10.8. The summed E-state index contributed by atoms with van der Waals surface area (Å²) in [5.74, 6) is 0.729. The van der Waals surface area contributed by atoms with Crippen LogP contribution in [0.3, 0.4) is 0 Å². The number of carbonyl (C=O) groups is 1. The van der Waals surface area contributed by atoms with E-state index >= 15 is 0 Å². The van der Waals surface area contributed by atoms with E-state index in [-0.39, 0.29) is 18.4 Å². The Hall–Kier alpha value is -2.26. The van der Waals surface area contributed by atoms with Crippen molar-refractivity contribution in [3.05, 3.63) is 59.7 Å². The Bertz CT molecular complexity index is 788. The van der Waals surface area contributed by atoms with Crippen LogP contribution in [0.15, 0.2) is 48.5 Å². The molecule has 2 aromatic carbocycles. The minimum atomic E-state index is -2.81. The Balaban J connectivity index is 2.04. The van der Waals surface area contributed by atoms with Gasteiger partial charge in [0.25, 0.3) is 0 Å². The lowest BCUT2D eigenvalue weighted by molar-refractivity contribution is -0.141. The van der Waals surface area contributed by atoms with Crippen LogP contribution in [0.1, 0.15) is 23.7 Å². The molecule has 0 aliphatic heterocycles. The molecule has 0 N–H and O–H groups in total. The predicted octanol–water partition coefficient (Wildman–Crippen LogP) is 4.50. The number of esters is 1. The third-order valence-corrected chi connectivity index (χ3v) is 7.22. The SMILES string of the molecule is COc1ccc(C(C)P(C)(=O)CC(=O)OCc2ccccc2)cc1OC. The average molecular weight is 376 g/mol. The third-order valence-electron chi connectivity index (χ3n) is 4.39. The molecule has 0 saturated heterocycles. The number of benzene rings is 2. The molecule has 2 aromatic rings. The highest BCUT2D eigenvalue weighted by atomic mass is 31.2. The highest BCUT2D eigenvalue weighted by Crippen LogP contribution is 2.56. The van der Waals surface area contributed by atoms with Crippen LogP contribution in [-0.4, -0.2) is 33.0 Å². The number of hydrogen-bond donors (Lipinski definition) is 0. The fourth-order valence-electron chi connectivity index (χ4n) is 2.60. The van der Waals surface area contributed by atoms with Crippen LogP contribution in [-0.2, 0) is 20.7 Å². The molecule has 0 bridgehead atoms. The lowest BCUT2D eigenvalue weighted by Crippen LogP contribution is -2.12. The van der Waals surface area contributed by atoms with Crippen LogP contribution in [0.2, 0.25) is 0 Å². The van der Waals surface area contributed by atoms with Crippen molar-refractivity contribution in [2.24, 2.45) is 0 Å². The van der Waals surface area contributed by atoms with E-state index in [1.807, 2.05) is 43.3 Å². The molecule has 0 heterocycles. The maximum absolute atomic E-state index is 13.1. The Morgan fingerprint density at radius 3 is 2.31 bits per heavy atom. The number of hydrogen-bond acceptors (Lipinski definition) is 5. The number of methoxy groups -OCH3 is 2. The van der Waals surface area contributed by atoms with E-state index < -0.39 is 13.1 Å². The second-order valence-corrected chi connectivity index (χ2v) is 9.71. The van der Waals surface area contributed by atoms with Gasteiger partial charge in [0.2, 0.25) is 0 Å². The lowest BCUT2D eigenvalue weighted by Gasteiger charge is -2.21. The van der Waals surface area contributed by atoms with Crippen molar-refractivity contribution in [1.29, 1.82) is 0 Å². The van der Waals surface area contributed by atoms with Gasteiger partial charge in [-0.05, 0) is 29.9 Å². The number of ether oxygens (including phenoxy) is 3. The van der Waals surface area contributed by atoms with Crippen molar-refractivity contribution < 1.29 is 23.6 Å². The zero-order valence-electron chi connectivity index (χ0n) is 15.6. The highest BCUT2D eigenvalue weighted by Gasteiger charge is 2.30. The maximum Gasteiger partial charge on any atom is 0.313 e. The van der Waals surface area contributed by atoms with Crippen LogP contribution in [0, 0.1) is 0 Å². The quantitative estimate of drug-likeness (QED) is 0.501. The van der Waals surface area contributed by atoms with E-state index in [4.69, 9.17) is 14.2 Å². The maximum atomic E-state index is 13.1. The van der Waals surface area contributed by atoms with E-state index in [0.717, 1.165) is 11.1 Å². The molecule has 0 radical (unpaired) electrons. The molecule has 26 heavy (non-hydrogen) atoms. The molecule has 6 heteroatoms. The molecule has 0 aromatic heterocycles. The smallest absolute Gasteiger partial charge is 0.313 e. The summed E-state index contributed by atoms with van der Waals surface area (Å²) in [5.41, 5.74) is 1.44. The van der Waals surface area contributed by atoms with Crippen molar-refractivity contribution in [1.82, 2.24) is 0 Å². The summed E-state index contributed by atoms with van der Waals surface area (Å²) >= 11 is 0. The minimum Gasteiger partial charge on any atom is -0.493 e. The normalized spacial score (nSPS) is 14.2. The van der Waals surface area contributed by atoms with Gasteiger partial charge in [-0.25, -0.2) is 0 Å². The molecule has 2 atom stereocenters. The van der Waals surface area contributed by atoms with Crippen molar-refractivity contribution >= 4 is 13.1 Å². The Kier molecular flexibility index (Phi) is 6.87. The molecule has 5 nitrogen and oxygen atoms in total. The summed E-state index contributed by atoms with van der Waals surface area (Å²) in [7, 11) is 0.311. The summed E-state index contributed by atoms with van der Waals surface area (Å²) in [5, 5.41) is 0. The molecule has 0 amide bonds. The molecule has 0 aliphatic rings. The number of carbonyl (C=O) groups excluding carboxylic acids is 1. The first kappa shape index (κ1) is 20.1. The van der Waals surface area contributed by atoms with Gasteiger partial charge in [-0.2, -0.15) is 0 Å². The molecule has 0 saturated carbocycles. The Morgan fingerprint density at radius 2 is 1.69 bits per heavy atom. The molecule has 2 rings (SSSR count). The van der Waals surface area contributed by atoms with Crippen LogP contribution < -0.4 is 9.47 Å². The van der Waals surface area contributed by atoms with Crippen molar-refractivity contribution in [3.63, 3.8) is 0 Å². The molecule has 140 valence electrons. The van der Waals surface area contributed by atoms with Gasteiger partial charge >= 0.3 is 5.97 Å². The Labute approximate surface area is 154 Å². The topological polar surface area (TPSA) is 61.8 Å². The van der Waals surface area contributed by atoms with Gasteiger partial charge in [0.15, 0.2) is 11.5 Å². The highest BCUT2D eigenvalue weighted by molar-refractivity contribution is 7.64. The van der Waals surface area contributed by atoms with Crippen molar-refractivity contribution in [2.45, 2.75) is 19.2 Å². The molecular formula is C20H25O5P. The zero-order chi connectivity index (χ0) is 19.2. The fraction of sp³-hybridized carbons (Fsp3) is 0.350. The largest absolute Gasteiger partial charge is 0.493 e. The van der Waals surface area contributed by atoms with Gasteiger partial charge in [-0.3, -0.25) is 4.79 Å². The van der Waals surface area contributed by atoms with Gasteiger partial charge in [0.05, 0.1) is 20.4 Å². The molecule has 0 aliphatic carbocycles. The third kappa shape index (κ3) is 5.12. The van der Waals surface area contributed by atoms with Crippen molar-refractivity contribution in [2.75, 3.05) is 27.0 Å². The standard InChI is InChI=1S/C20H25O5P/c1-15(17-10-11-18(23-2)19(12-17)24-3)26(4,22)14-20(21)25-13-16-8-6-5-7-9-16/h5-12,15H,13-14H2,1-4H3. The fourth-order valence-corrected chi connectivity index (χ4v) is 4.27. The van der Waals surface area contributed by atoms with E-state index in [9.17, 15) is 9.36 Å². The lowest BCUT2D eigenvalue weighted by atomic mass is 10.1. The molecule has 0 fully saturated rings. The van der Waals surface area contributed by atoms with Gasteiger partial charge in [0.1, 0.15) is 13.7 Å². The zero-order valence-corrected chi connectivity index (χ0v) is 16.5. The second-order valence-electron chi connectivity index (χ2n) is 6.27. The summed E-state index contributed by atoms with van der Waals surface area (Å²) in [4.78, 5) is 12.2. The van der Waals surface area contributed by atoms with E-state index in [1.165, 1.54) is 0 Å². The summed E-state index contributed by atoms with van der Waals surface area (Å²) < 4.78 is 28.9. The molecule has 2 unspecified atom stereocenters. The average Bonchev–Trinajstić information content (AvgIpc) is 2.65. The predicted molar refractivity (Wildman–Crippen MR) is 103 cm³/mol. The number of rotatable bonds is 8. The van der Waals surface area contributed by atoms with E-state index in [0.29, 0.717) is 11.5 Å². The van der Waals surface area contributed by atoms with Crippen molar-refractivity contribution in [3.8, 4) is 11.5 Å². The van der Waals surface area contributed by atoms with Gasteiger partial charge < -0.3 is 18.8 Å². The van der Waals surface area contributed by atoms with Gasteiger partial charge in [-0.1, -0.05) is 43.3 Å². The van der Waals surface area contributed by atoms with Crippen LogP contribution >= 0.6 is 7.14 Å². The van der Waals surface area contributed by atoms with E-state index in [1.54, 1.807) is 33.0 Å². The monoisotopic (exact) mass is 376 g/mol. The van der Waals surface area contributed by atoms with Gasteiger partial charge in [0, 0.05) is 5.66 Å².